The molecule has 0 N–H and O–H groups in total. The van der Waals surface area contributed by atoms with Crippen LogP contribution in [0, 0.1) is 6.92 Å². The van der Waals surface area contributed by atoms with Gasteiger partial charge in [0.2, 0.25) is 0 Å². The van der Waals surface area contributed by atoms with Gasteiger partial charge in [-0.3, -0.25) is 4.57 Å². The second-order valence-electron chi connectivity index (χ2n) is 4.64. The number of halogens is 4. The molecule has 0 fully saturated rings. The minimum atomic E-state index is 0.301. The molecule has 1 heterocycles. The number of fused-ring (bicyclic) bond motifs is 1. The minimum Gasteiger partial charge on any atom is -0.295 e. The summed E-state index contributed by atoms with van der Waals surface area (Å²) in [6, 6.07) is 9.59. The van der Waals surface area contributed by atoms with E-state index >= 15 is 0 Å². The zero-order valence-electron chi connectivity index (χ0n) is 11.0. The molecule has 0 aliphatic carbocycles. The first-order chi connectivity index (χ1) is 10.0. The van der Waals surface area contributed by atoms with Crippen LogP contribution in [0.4, 0.5) is 0 Å². The molecule has 108 valence electrons. The van der Waals surface area contributed by atoms with Crippen LogP contribution in [-0.2, 0) is 5.88 Å². The smallest absolute Gasteiger partial charge is 0.129 e. The first-order valence-corrected chi connectivity index (χ1v) is 8.29. The largest absolute Gasteiger partial charge is 0.295 e. The third-order valence-electron chi connectivity index (χ3n) is 3.37. The molecule has 0 aliphatic heterocycles. The molecule has 21 heavy (non-hydrogen) atoms. The Morgan fingerprint density at radius 3 is 2.62 bits per heavy atom. The second-order valence-corrected chi connectivity index (χ2v) is 6.57. The summed E-state index contributed by atoms with van der Waals surface area (Å²) >= 11 is 21.8. The van der Waals surface area contributed by atoms with Crippen LogP contribution in [0.25, 0.3) is 16.7 Å². The third kappa shape index (κ3) is 2.57. The van der Waals surface area contributed by atoms with E-state index in [1.807, 2.05) is 35.8 Å². The Kier molecular flexibility index (Phi) is 4.19. The molecule has 0 saturated heterocycles. The van der Waals surface area contributed by atoms with Crippen LogP contribution in [0.15, 0.2) is 34.8 Å². The van der Waals surface area contributed by atoms with E-state index in [2.05, 4.69) is 20.9 Å². The van der Waals surface area contributed by atoms with Gasteiger partial charge in [-0.15, -0.1) is 11.6 Å². The highest BCUT2D eigenvalue weighted by atomic mass is 79.9. The summed E-state index contributed by atoms with van der Waals surface area (Å²) in [5.41, 5.74) is 3.79. The molecule has 2 aromatic carbocycles. The lowest BCUT2D eigenvalue weighted by Gasteiger charge is -2.12. The van der Waals surface area contributed by atoms with Crippen LogP contribution in [0.1, 0.15) is 11.4 Å². The lowest BCUT2D eigenvalue weighted by atomic mass is 10.2. The second kappa shape index (κ2) is 5.81. The number of hydrogen-bond acceptors (Lipinski definition) is 1. The zero-order valence-corrected chi connectivity index (χ0v) is 14.9. The lowest BCUT2D eigenvalue weighted by molar-refractivity contribution is 0.971. The van der Waals surface area contributed by atoms with Gasteiger partial charge in [0.1, 0.15) is 5.82 Å². The number of aromatic nitrogens is 2. The molecule has 0 saturated carbocycles. The summed E-state index contributed by atoms with van der Waals surface area (Å²) in [6.07, 6.45) is 0. The Balaban J connectivity index is 2.40. The fraction of sp³-hybridized carbons (Fsp3) is 0.133. The van der Waals surface area contributed by atoms with Gasteiger partial charge in [-0.2, -0.15) is 0 Å². The molecule has 0 spiro atoms. The van der Waals surface area contributed by atoms with Crippen molar-refractivity contribution in [3.63, 3.8) is 0 Å². The molecule has 0 atom stereocenters. The van der Waals surface area contributed by atoms with E-state index in [9.17, 15) is 0 Å². The summed E-state index contributed by atoms with van der Waals surface area (Å²) in [6.45, 7) is 2.04. The van der Waals surface area contributed by atoms with Crippen molar-refractivity contribution in [3.8, 4) is 5.69 Å². The first-order valence-electron chi connectivity index (χ1n) is 6.20. The average molecular weight is 405 g/mol. The Hall–Kier alpha value is -0.740. The summed E-state index contributed by atoms with van der Waals surface area (Å²) in [7, 11) is 0. The topological polar surface area (TPSA) is 17.8 Å². The fourth-order valence-electron chi connectivity index (χ4n) is 2.32. The highest BCUT2D eigenvalue weighted by Crippen LogP contribution is 2.32. The van der Waals surface area contributed by atoms with Crippen LogP contribution >= 0.6 is 50.7 Å². The van der Waals surface area contributed by atoms with Crippen LogP contribution in [0.3, 0.4) is 0 Å². The molecular weight excluding hydrogens is 394 g/mol. The van der Waals surface area contributed by atoms with Crippen LogP contribution in [0.5, 0.6) is 0 Å². The normalized spacial score (nSPS) is 11.3. The maximum atomic E-state index is 6.16. The van der Waals surface area contributed by atoms with E-state index in [-0.39, 0.29) is 0 Å². The molecule has 0 radical (unpaired) electrons. The molecular formula is C15H10BrCl3N2. The van der Waals surface area contributed by atoms with Crippen molar-refractivity contribution in [2.75, 3.05) is 0 Å². The monoisotopic (exact) mass is 402 g/mol. The zero-order chi connectivity index (χ0) is 15.1. The highest BCUT2D eigenvalue weighted by Gasteiger charge is 2.16. The Bertz CT molecular complexity index is 843. The molecule has 0 amide bonds. The van der Waals surface area contributed by atoms with Crippen molar-refractivity contribution in [2.24, 2.45) is 0 Å². The molecule has 6 heteroatoms. The summed E-state index contributed by atoms with van der Waals surface area (Å²) in [4.78, 5) is 4.55. The van der Waals surface area contributed by atoms with E-state index in [1.165, 1.54) is 0 Å². The maximum absolute atomic E-state index is 6.16. The van der Waals surface area contributed by atoms with Crippen molar-refractivity contribution in [3.05, 3.63) is 56.2 Å². The van der Waals surface area contributed by atoms with Gasteiger partial charge in [0.05, 0.1) is 32.6 Å². The van der Waals surface area contributed by atoms with Crippen LogP contribution < -0.4 is 0 Å². The van der Waals surface area contributed by atoms with Gasteiger partial charge in [-0.1, -0.05) is 45.2 Å². The molecule has 3 aromatic rings. The van der Waals surface area contributed by atoms with Crippen molar-refractivity contribution in [2.45, 2.75) is 12.8 Å². The van der Waals surface area contributed by atoms with Crippen molar-refractivity contribution < 1.29 is 0 Å². The fourth-order valence-corrected chi connectivity index (χ4v) is 3.17. The standard InChI is InChI=1S/C15H10BrCl3N2/c1-8-9(16)3-2-4-13(8)21-14-6-11(19)10(18)5-12(14)20-15(21)7-17/h2-6H,7H2,1H3. The van der Waals surface area contributed by atoms with Gasteiger partial charge < -0.3 is 0 Å². The lowest BCUT2D eigenvalue weighted by Crippen LogP contribution is -2.01. The van der Waals surface area contributed by atoms with E-state index in [0.717, 1.165) is 32.6 Å². The van der Waals surface area contributed by atoms with E-state index in [4.69, 9.17) is 34.8 Å². The SMILES string of the molecule is Cc1c(Br)cccc1-n1c(CCl)nc2cc(Cl)c(Cl)cc21. The Morgan fingerprint density at radius 2 is 1.90 bits per heavy atom. The summed E-state index contributed by atoms with van der Waals surface area (Å²) in [5, 5.41) is 0.986. The predicted molar refractivity (Wildman–Crippen MR) is 93.1 cm³/mol. The summed E-state index contributed by atoms with van der Waals surface area (Å²) < 4.78 is 3.05. The summed E-state index contributed by atoms with van der Waals surface area (Å²) in [5.74, 6) is 1.06. The molecule has 2 nitrogen and oxygen atoms in total. The number of imidazole rings is 1. The number of rotatable bonds is 2. The van der Waals surface area contributed by atoms with E-state index < -0.39 is 0 Å². The Labute approximate surface area is 145 Å². The van der Waals surface area contributed by atoms with Gasteiger partial charge in [0.25, 0.3) is 0 Å². The highest BCUT2D eigenvalue weighted by molar-refractivity contribution is 9.10. The van der Waals surface area contributed by atoms with Crippen molar-refractivity contribution in [1.29, 1.82) is 0 Å². The van der Waals surface area contributed by atoms with Crippen LogP contribution in [-0.4, -0.2) is 9.55 Å². The number of nitrogens with zero attached hydrogens (tertiary/aromatic N) is 2. The van der Waals surface area contributed by atoms with Gasteiger partial charge in [-0.05, 0) is 36.8 Å². The van der Waals surface area contributed by atoms with E-state index in [1.54, 1.807) is 6.07 Å². The minimum absolute atomic E-state index is 0.301. The molecule has 1 aromatic heterocycles. The quantitative estimate of drug-likeness (QED) is 0.469. The van der Waals surface area contributed by atoms with Gasteiger partial charge >= 0.3 is 0 Å². The molecule has 0 unspecified atom stereocenters. The van der Waals surface area contributed by atoms with Gasteiger partial charge in [0, 0.05) is 4.47 Å². The predicted octanol–water partition coefficient (Wildman–Crippen LogP) is 6.14. The van der Waals surface area contributed by atoms with Crippen molar-refractivity contribution in [1.82, 2.24) is 9.55 Å². The molecule has 3 rings (SSSR count). The number of alkyl halides is 1. The molecule has 0 aliphatic rings. The average Bonchev–Trinajstić information content (AvgIpc) is 2.80. The Morgan fingerprint density at radius 1 is 1.19 bits per heavy atom. The van der Waals surface area contributed by atoms with Gasteiger partial charge in [-0.25, -0.2) is 4.98 Å². The van der Waals surface area contributed by atoms with Crippen LogP contribution in [0.2, 0.25) is 10.0 Å². The third-order valence-corrected chi connectivity index (χ3v) is 5.19. The van der Waals surface area contributed by atoms with Crippen molar-refractivity contribution >= 4 is 61.8 Å². The number of benzene rings is 2. The molecule has 0 bridgehead atoms. The first kappa shape index (κ1) is 15.2. The van der Waals surface area contributed by atoms with Gasteiger partial charge in [0.15, 0.2) is 0 Å². The van der Waals surface area contributed by atoms with E-state index in [0.29, 0.717) is 15.9 Å². The maximum Gasteiger partial charge on any atom is 0.129 e. The number of hydrogen-bond donors (Lipinski definition) is 0.